The standard InChI is InChI=1S/C20H25N3O3.HI/c1-25-19(24)13-6-3-7-14-22-20(21)23-16-9-8-12-18(15-16)26-17-10-4-2-5-11-17;/h2,4-5,8-12,15H,3,6-7,13-14H2,1H3,(H3,21,22,23);1H. The lowest BCUT2D eigenvalue weighted by molar-refractivity contribution is -0.140. The van der Waals surface area contributed by atoms with Crippen molar-refractivity contribution in [1.82, 2.24) is 0 Å². The lowest BCUT2D eigenvalue weighted by Gasteiger charge is -2.09. The highest BCUT2D eigenvalue weighted by molar-refractivity contribution is 14.0. The van der Waals surface area contributed by atoms with Gasteiger partial charge < -0.3 is 20.5 Å². The summed E-state index contributed by atoms with van der Waals surface area (Å²) in [6.45, 7) is 0.611. The largest absolute Gasteiger partial charge is 0.469 e. The summed E-state index contributed by atoms with van der Waals surface area (Å²) in [5.74, 6) is 1.68. The molecular formula is C20H26IN3O3. The van der Waals surface area contributed by atoms with E-state index in [0.29, 0.717) is 18.9 Å². The van der Waals surface area contributed by atoms with Crippen LogP contribution in [0.5, 0.6) is 11.5 Å². The molecule has 0 atom stereocenters. The van der Waals surface area contributed by atoms with Gasteiger partial charge in [0.2, 0.25) is 0 Å². The number of nitrogens with zero attached hydrogens (tertiary/aromatic N) is 1. The first-order chi connectivity index (χ1) is 12.7. The van der Waals surface area contributed by atoms with Crippen molar-refractivity contribution in [2.24, 2.45) is 10.7 Å². The van der Waals surface area contributed by atoms with Gasteiger partial charge in [-0.25, -0.2) is 0 Å². The number of para-hydroxylation sites is 1. The number of rotatable bonds is 9. The molecule has 0 unspecified atom stereocenters. The van der Waals surface area contributed by atoms with Gasteiger partial charge in [0, 0.05) is 24.7 Å². The number of hydrogen-bond acceptors (Lipinski definition) is 4. The van der Waals surface area contributed by atoms with Crippen LogP contribution in [0.3, 0.4) is 0 Å². The minimum atomic E-state index is -0.174. The van der Waals surface area contributed by atoms with Crippen LogP contribution in [-0.4, -0.2) is 25.6 Å². The van der Waals surface area contributed by atoms with Gasteiger partial charge in [0.25, 0.3) is 0 Å². The van der Waals surface area contributed by atoms with Crippen molar-refractivity contribution in [3.8, 4) is 11.5 Å². The first-order valence-electron chi connectivity index (χ1n) is 8.64. The SMILES string of the molecule is COC(=O)CCCCCN=C(N)Nc1cccc(Oc2ccccc2)c1.I. The minimum Gasteiger partial charge on any atom is -0.469 e. The van der Waals surface area contributed by atoms with Crippen molar-refractivity contribution in [3.63, 3.8) is 0 Å². The van der Waals surface area contributed by atoms with Crippen molar-refractivity contribution in [1.29, 1.82) is 0 Å². The van der Waals surface area contributed by atoms with Gasteiger partial charge in [-0.15, -0.1) is 24.0 Å². The Morgan fingerprint density at radius 3 is 2.52 bits per heavy atom. The lowest BCUT2D eigenvalue weighted by atomic mass is 10.2. The number of ether oxygens (including phenoxy) is 2. The van der Waals surface area contributed by atoms with Crippen molar-refractivity contribution in [2.75, 3.05) is 19.0 Å². The number of benzene rings is 2. The van der Waals surface area contributed by atoms with Crippen LogP contribution >= 0.6 is 24.0 Å². The predicted molar refractivity (Wildman–Crippen MR) is 119 cm³/mol. The fraction of sp³-hybridized carbons (Fsp3) is 0.300. The third-order valence-corrected chi connectivity index (χ3v) is 3.63. The van der Waals surface area contributed by atoms with Gasteiger partial charge in [-0.2, -0.15) is 0 Å². The van der Waals surface area contributed by atoms with Gasteiger partial charge in [0.15, 0.2) is 5.96 Å². The number of hydrogen-bond donors (Lipinski definition) is 2. The molecule has 0 aromatic heterocycles. The fourth-order valence-corrected chi connectivity index (χ4v) is 2.31. The Morgan fingerprint density at radius 1 is 1.04 bits per heavy atom. The molecule has 7 heteroatoms. The third kappa shape index (κ3) is 9.28. The van der Waals surface area contributed by atoms with E-state index in [2.05, 4.69) is 15.0 Å². The van der Waals surface area contributed by atoms with E-state index >= 15 is 0 Å². The molecular weight excluding hydrogens is 457 g/mol. The maximum absolute atomic E-state index is 11.0. The Morgan fingerprint density at radius 2 is 1.78 bits per heavy atom. The zero-order valence-electron chi connectivity index (χ0n) is 15.4. The molecule has 0 heterocycles. The number of carbonyl (C=O) groups excluding carboxylic acids is 1. The quantitative estimate of drug-likeness (QED) is 0.180. The summed E-state index contributed by atoms with van der Waals surface area (Å²) in [4.78, 5) is 15.3. The van der Waals surface area contributed by atoms with E-state index in [1.807, 2.05) is 54.6 Å². The molecule has 27 heavy (non-hydrogen) atoms. The van der Waals surface area contributed by atoms with Crippen molar-refractivity contribution < 1.29 is 14.3 Å². The maximum atomic E-state index is 11.0. The first-order valence-corrected chi connectivity index (χ1v) is 8.64. The van der Waals surface area contributed by atoms with Crippen LogP contribution in [0.25, 0.3) is 0 Å². The fourth-order valence-electron chi connectivity index (χ4n) is 2.31. The van der Waals surface area contributed by atoms with E-state index in [1.54, 1.807) is 0 Å². The third-order valence-electron chi connectivity index (χ3n) is 3.63. The van der Waals surface area contributed by atoms with Crippen LogP contribution in [0.2, 0.25) is 0 Å². The number of methoxy groups -OCH3 is 1. The van der Waals surface area contributed by atoms with Gasteiger partial charge in [-0.05, 0) is 37.1 Å². The summed E-state index contributed by atoms with van der Waals surface area (Å²) in [7, 11) is 1.40. The average Bonchev–Trinajstić information content (AvgIpc) is 2.65. The number of nitrogens with one attached hydrogen (secondary N) is 1. The summed E-state index contributed by atoms with van der Waals surface area (Å²) < 4.78 is 10.4. The van der Waals surface area contributed by atoms with Crippen molar-refractivity contribution >= 4 is 41.6 Å². The van der Waals surface area contributed by atoms with E-state index in [4.69, 9.17) is 10.5 Å². The van der Waals surface area contributed by atoms with Crippen molar-refractivity contribution in [2.45, 2.75) is 25.7 Å². The average molecular weight is 483 g/mol. The second-order valence-electron chi connectivity index (χ2n) is 5.72. The highest BCUT2D eigenvalue weighted by Crippen LogP contribution is 2.23. The monoisotopic (exact) mass is 483 g/mol. The molecule has 0 aliphatic rings. The van der Waals surface area contributed by atoms with E-state index in [9.17, 15) is 4.79 Å². The number of carbonyl (C=O) groups is 1. The first kappa shape index (κ1) is 22.8. The number of guanidine groups is 1. The molecule has 146 valence electrons. The summed E-state index contributed by atoms with van der Waals surface area (Å²) >= 11 is 0. The van der Waals surface area contributed by atoms with E-state index in [0.717, 1.165) is 36.4 Å². The van der Waals surface area contributed by atoms with Crippen LogP contribution < -0.4 is 15.8 Å². The van der Waals surface area contributed by atoms with E-state index < -0.39 is 0 Å². The molecule has 2 aromatic carbocycles. The summed E-state index contributed by atoms with van der Waals surface area (Å²) in [6.07, 6.45) is 3.03. The number of halogens is 1. The van der Waals surface area contributed by atoms with Crippen LogP contribution in [0.1, 0.15) is 25.7 Å². The Labute approximate surface area is 177 Å². The molecule has 0 aliphatic heterocycles. The van der Waals surface area contributed by atoms with Crippen molar-refractivity contribution in [3.05, 3.63) is 54.6 Å². The Hall–Kier alpha value is -2.29. The molecule has 2 rings (SSSR count). The smallest absolute Gasteiger partial charge is 0.305 e. The number of nitrogens with two attached hydrogens (primary N) is 1. The molecule has 3 N–H and O–H groups in total. The van der Waals surface area contributed by atoms with Crippen LogP contribution in [-0.2, 0) is 9.53 Å². The summed E-state index contributed by atoms with van der Waals surface area (Å²) in [5.41, 5.74) is 6.73. The van der Waals surface area contributed by atoms with Gasteiger partial charge >= 0.3 is 5.97 Å². The second-order valence-corrected chi connectivity index (χ2v) is 5.72. The summed E-state index contributed by atoms with van der Waals surface area (Å²) in [5, 5.41) is 3.06. The summed E-state index contributed by atoms with van der Waals surface area (Å²) in [6, 6.07) is 17.1. The molecule has 2 aromatic rings. The van der Waals surface area contributed by atoms with Crippen LogP contribution in [0, 0.1) is 0 Å². The molecule has 0 saturated carbocycles. The predicted octanol–water partition coefficient (Wildman–Crippen LogP) is 4.56. The van der Waals surface area contributed by atoms with E-state index in [1.165, 1.54) is 7.11 Å². The second kappa shape index (κ2) is 13.0. The maximum Gasteiger partial charge on any atom is 0.305 e. The molecule has 0 saturated heterocycles. The Balaban J connectivity index is 0.00000364. The number of unbranched alkanes of at least 4 members (excludes halogenated alkanes) is 2. The zero-order chi connectivity index (χ0) is 18.6. The van der Waals surface area contributed by atoms with Crippen LogP contribution in [0.4, 0.5) is 5.69 Å². The Bertz CT molecular complexity index is 723. The molecule has 0 bridgehead atoms. The lowest BCUT2D eigenvalue weighted by Crippen LogP contribution is -2.22. The topological polar surface area (TPSA) is 85.9 Å². The molecule has 0 radical (unpaired) electrons. The minimum absolute atomic E-state index is 0. The number of anilines is 1. The molecule has 6 nitrogen and oxygen atoms in total. The zero-order valence-corrected chi connectivity index (χ0v) is 17.7. The molecule has 0 fully saturated rings. The normalized spacial score (nSPS) is 10.6. The van der Waals surface area contributed by atoms with Gasteiger partial charge in [-0.3, -0.25) is 9.79 Å². The van der Waals surface area contributed by atoms with Gasteiger partial charge in [0.1, 0.15) is 11.5 Å². The molecule has 0 amide bonds. The highest BCUT2D eigenvalue weighted by Gasteiger charge is 2.01. The number of esters is 1. The van der Waals surface area contributed by atoms with Gasteiger partial charge in [-0.1, -0.05) is 30.7 Å². The van der Waals surface area contributed by atoms with E-state index in [-0.39, 0.29) is 29.9 Å². The van der Waals surface area contributed by atoms with Gasteiger partial charge in [0.05, 0.1) is 7.11 Å². The Kier molecular flexibility index (Phi) is 10.9. The van der Waals surface area contributed by atoms with Crippen LogP contribution in [0.15, 0.2) is 59.6 Å². The highest BCUT2D eigenvalue weighted by atomic mass is 127. The number of aliphatic imine (C=N–C) groups is 1. The molecule has 0 spiro atoms. The molecule has 0 aliphatic carbocycles.